The van der Waals surface area contributed by atoms with Crippen LogP contribution in [0.1, 0.15) is 439 Å². The van der Waals surface area contributed by atoms with Crippen LogP contribution in [-0.2, 0) is 65.4 Å². The van der Waals surface area contributed by atoms with Crippen LogP contribution in [0, 0.1) is 0 Å². The predicted molar refractivity (Wildman–Crippen MR) is 409 cm³/mol. The molecule has 0 aliphatic carbocycles. The lowest BCUT2D eigenvalue weighted by atomic mass is 10.0. The van der Waals surface area contributed by atoms with Crippen LogP contribution in [0.2, 0.25) is 0 Å². The van der Waals surface area contributed by atoms with Gasteiger partial charge < -0.3 is 33.8 Å². The number of hydrogen-bond acceptors (Lipinski definition) is 15. The zero-order valence-electron chi connectivity index (χ0n) is 65.2. The predicted octanol–water partition coefficient (Wildman–Crippen LogP) is 24.6. The van der Waals surface area contributed by atoms with Crippen LogP contribution in [-0.4, -0.2) is 96.7 Å². The number of hydrogen-bond donors (Lipinski definition) is 3. The van der Waals surface area contributed by atoms with Gasteiger partial charge in [-0.3, -0.25) is 37.3 Å². The van der Waals surface area contributed by atoms with Gasteiger partial charge in [-0.1, -0.05) is 387 Å². The first kappa shape index (κ1) is 98.1. The van der Waals surface area contributed by atoms with E-state index in [0.717, 1.165) is 89.9 Å². The molecular formula is C81H158O17P2. The fourth-order valence-electron chi connectivity index (χ4n) is 12.6. The lowest BCUT2D eigenvalue weighted by molar-refractivity contribution is -0.161. The molecule has 2 unspecified atom stereocenters. The van der Waals surface area contributed by atoms with Gasteiger partial charge in [-0.2, -0.15) is 0 Å². The second kappa shape index (κ2) is 75.3. The first-order valence-electron chi connectivity index (χ1n) is 42.3. The Morgan fingerprint density at radius 2 is 0.400 bits per heavy atom. The van der Waals surface area contributed by atoms with Crippen molar-refractivity contribution in [2.75, 3.05) is 39.6 Å². The Bertz CT molecular complexity index is 1890. The molecule has 0 radical (unpaired) electrons. The lowest BCUT2D eigenvalue weighted by Crippen LogP contribution is -2.30. The number of phosphoric acid groups is 2. The zero-order valence-corrected chi connectivity index (χ0v) is 67.0. The SMILES string of the molecule is CCCCCCCCCCCCCCCCCCCCCCC(=O)O[C@H](COC(=O)CCCCCCCCCCCCCCCCCC)COP(=O)(O)OC[C@@H](O)COP(=O)(O)OC[C@@H](COC(=O)CCCCCCCCCCCCCC)OC(=O)CCCCCCCCCCCCCC. The summed E-state index contributed by atoms with van der Waals surface area (Å²) in [5.41, 5.74) is 0. The van der Waals surface area contributed by atoms with Crippen molar-refractivity contribution in [1.82, 2.24) is 0 Å². The van der Waals surface area contributed by atoms with Crippen LogP contribution in [0.3, 0.4) is 0 Å². The minimum Gasteiger partial charge on any atom is -0.462 e. The Hall–Kier alpha value is -1.94. The van der Waals surface area contributed by atoms with Crippen molar-refractivity contribution >= 4 is 39.5 Å². The maximum absolute atomic E-state index is 13.1. The van der Waals surface area contributed by atoms with Crippen molar-refractivity contribution in [1.29, 1.82) is 0 Å². The van der Waals surface area contributed by atoms with Crippen LogP contribution in [0.5, 0.6) is 0 Å². The van der Waals surface area contributed by atoms with E-state index in [1.807, 2.05) is 0 Å². The highest BCUT2D eigenvalue weighted by atomic mass is 31.2. The van der Waals surface area contributed by atoms with Gasteiger partial charge in [0, 0.05) is 25.7 Å². The van der Waals surface area contributed by atoms with E-state index >= 15 is 0 Å². The van der Waals surface area contributed by atoms with Crippen molar-refractivity contribution in [3.63, 3.8) is 0 Å². The molecule has 0 aliphatic heterocycles. The van der Waals surface area contributed by atoms with E-state index in [1.165, 1.54) is 270 Å². The number of phosphoric ester groups is 2. The summed E-state index contributed by atoms with van der Waals surface area (Å²) in [4.78, 5) is 73.0. The summed E-state index contributed by atoms with van der Waals surface area (Å²) in [7, 11) is -9.92. The number of aliphatic hydroxyl groups is 1. The topological polar surface area (TPSA) is 237 Å². The first-order chi connectivity index (χ1) is 48.7. The molecule has 0 amide bonds. The van der Waals surface area contributed by atoms with Gasteiger partial charge in [-0.05, 0) is 25.7 Å². The molecule has 17 nitrogen and oxygen atoms in total. The molecule has 100 heavy (non-hydrogen) atoms. The van der Waals surface area contributed by atoms with Gasteiger partial charge in [0.25, 0.3) is 0 Å². The number of carbonyl (C=O) groups is 4. The number of unbranched alkanes of at least 4 members (excludes halogenated alkanes) is 56. The smallest absolute Gasteiger partial charge is 0.462 e. The maximum atomic E-state index is 13.1. The molecular weight excluding hydrogens is 1310 g/mol. The molecule has 0 spiro atoms. The summed E-state index contributed by atoms with van der Waals surface area (Å²) in [6, 6.07) is 0. The third kappa shape index (κ3) is 74.3. The first-order valence-corrected chi connectivity index (χ1v) is 45.3. The van der Waals surface area contributed by atoms with Crippen LogP contribution in [0.4, 0.5) is 0 Å². The van der Waals surface area contributed by atoms with Crippen molar-refractivity contribution < 1.29 is 80.2 Å². The van der Waals surface area contributed by atoms with Crippen molar-refractivity contribution in [3.05, 3.63) is 0 Å². The molecule has 0 rings (SSSR count). The van der Waals surface area contributed by atoms with Crippen LogP contribution < -0.4 is 0 Å². The van der Waals surface area contributed by atoms with Gasteiger partial charge in [0.1, 0.15) is 19.3 Å². The highest BCUT2D eigenvalue weighted by molar-refractivity contribution is 7.47. The Balaban J connectivity index is 5.23. The normalized spacial score (nSPS) is 13.8. The summed E-state index contributed by atoms with van der Waals surface area (Å²) in [6.45, 7) is 5.03. The van der Waals surface area contributed by atoms with E-state index < -0.39 is 97.5 Å². The molecule has 0 aromatic carbocycles. The van der Waals surface area contributed by atoms with E-state index in [1.54, 1.807) is 0 Å². The Morgan fingerprint density at radius 1 is 0.240 bits per heavy atom. The number of rotatable bonds is 82. The van der Waals surface area contributed by atoms with Crippen molar-refractivity contribution in [3.8, 4) is 0 Å². The second-order valence-corrected chi connectivity index (χ2v) is 32.1. The standard InChI is InChI=1S/C81H158O17P2/c1-5-9-13-17-21-25-29-33-35-37-38-39-40-42-44-48-52-56-60-64-68-81(86)98-77(72-92-79(84)66-62-58-54-50-47-43-41-36-34-30-26-22-18-14-10-6-2)74-96-100(89,90)94-70-75(82)69-93-99(87,88)95-73-76(97-80(85)67-63-59-55-51-46-32-28-24-20-16-12-8-4)71-91-78(83)65-61-57-53-49-45-31-27-23-19-15-11-7-3/h75-77,82H,5-74H2,1-4H3,(H,87,88)(H,89,90)/t75-,76+,77+/m0/s1. The van der Waals surface area contributed by atoms with Gasteiger partial charge >= 0.3 is 39.5 Å². The molecule has 0 saturated heterocycles. The molecule has 0 heterocycles. The van der Waals surface area contributed by atoms with Crippen molar-refractivity contribution in [2.45, 2.75) is 457 Å². The minimum atomic E-state index is -4.96. The largest absolute Gasteiger partial charge is 0.472 e. The average molecular weight is 1470 g/mol. The Morgan fingerprint density at radius 3 is 0.590 bits per heavy atom. The van der Waals surface area contributed by atoms with Crippen LogP contribution in [0.25, 0.3) is 0 Å². The molecule has 5 atom stereocenters. The van der Waals surface area contributed by atoms with Gasteiger partial charge in [-0.25, -0.2) is 9.13 Å². The third-order valence-electron chi connectivity index (χ3n) is 19.1. The summed E-state index contributed by atoms with van der Waals surface area (Å²) < 4.78 is 68.7. The average Bonchev–Trinajstić information content (AvgIpc) is 0.934. The highest BCUT2D eigenvalue weighted by Crippen LogP contribution is 2.45. The molecule has 3 N–H and O–H groups in total. The van der Waals surface area contributed by atoms with E-state index in [4.69, 9.17) is 37.0 Å². The van der Waals surface area contributed by atoms with Gasteiger partial charge in [0.05, 0.1) is 26.4 Å². The second-order valence-electron chi connectivity index (χ2n) is 29.2. The van der Waals surface area contributed by atoms with Crippen LogP contribution in [0.15, 0.2) is 0 Å². The van der Waals surface area contributed by atoms with E-state index in [9.17, 15) is 43.2 Å². The summed E-state index contributed by atoms with van der Waals surface area (Å²) in [5.74, 6) is -2.10. The van der Waals surface area contributed by atoms with E-state index in [0.29, 0.717) is 25.7 Å². The van der Waals surface area contributed by atoms with Crippen LogP contribution >= 0.6 is 15.6 Å². The summed E-state index contributed by atoms with van der Waals surface area (Å²) in [5, 5.41) is 10.6. The molecule has 0 aliphatic rings. The number of esters is 4. The minimum absolute atomic E-state index is 0.108. The zero-order chi connectivity index (χ0) is 73.2. The number of aliphatic hydroxyl groups excluding tert-OH is 1. The van der Waals surface area contributed by atoms with Gasteiger partial charge in [0.2, 0.25) is 0 Å². The molecule has 0 fully saturated rings. The molecule has 0 bridgehead atoms. The monoisotopic (exact) mass is 1470 g/mol. The summed E-state index contributed by atoms with van der Waals surface area (Å²) >= 11 is 0. The molecule has 0 aromatic heterocycles. The summed E-state index contributed by atoms with van der Waals surface area (Å²) in [6.07, 6.45) is 67.9. The third-order valence-corrected chi connectivity index (χ3v) is 21.0. The maximum Gasteiger partial charge on any atom is 0.472 e. The Labute approximate surface area is 613 Å². The lowest BCUT2D eigenvalue weighted by Gasteiger charge is -2.21. The quantitative estimate of drug-likeness (QED) is 0.0222. The fraction of sp³-hybridized carbons (Fsp3) is 0.951. The van der Waals surface area contributed by atoms with E-state index in [-0.39, 0.29) is 25.7 Å². The Kier molecular flexibility index (Phi) is 73.8. The van der Waals surface area contributed by atoms with Gasteiger partial charge in [-0.15, -0.1) is 0 Å². The number of carbonyl (C=O) groups excluding carboxylic acids is 4. The molecule has 0 aromatic rings. The molecule has 0 saturated carbocycles. The highest BCUT2D eigenvalue weighted by Gasteiger charge is 2.30. The molecule has 594 valence electrons. The fourth-order valence-corrected chi connectivity index (χ4v) is 14.2. The van der Waals surface area contributed by atoms with E-state index in [2.05, 4.69) is 27.7 Å². The number of ether oxygens (including phenoxy) is 4. The van der Waals surface area contributed by atoms with Gasteiger partial charge in [0.15, 0.2) is 12.2 Å². The van der Waals surface area contributed by atoms with Crippen molar-refractivity contribution in [2.24, 2.45) is 0 Å². The molecule has 19 heteroatoms.